The third-order valence-electron chi connectivity index (χ3n) is 3.43. The first kappa shape index (κ1) is 17.0. The predicted octanol–water partition coefficient (Wildman–Crippen LogP) is 3.42. The Morgan fingerprint density at radius 3 is 2.52 bits per heavy atom. The van der Waals surface area contributed by atoms with Crippen LogP contribution in [0.3, 0.4) is 0 Å². The number of halogens is 3. The SMILES string of the molecule is COC(=O)C(N)Cc1cccc(-c2ccccc2C(F)(F)F)c1. The van der Waals surface area contributed by atoms with E-state index in [9.17, 15) is 18.0 Å². The minimum Gasteiger partial charge on any atom is -0.468 e. The average molecular weight is 323 g/mol. The summed E-state index contributed by atoms with van der Waals surface area (Å²) in [6, 6.07) is 11.1. The fourth-order valence-corrected chi connectivity index (χ4v) is 2.34. The predicted molar refractivity (Wildman–Crippen MR) is 80.6 cm³/mol. The number of esters is 1. The topological polar surface area (TPSA) is 52.3 Å². The number of carbonyl (C=O) groups excluding carboxylic acids is 1. The lowest BCUT2D eigenvalue weighted by molar-refractivity contribution is -0.142. The van der Waals surface area contributed by atoms with E-state index in [1.165, 1.54) is 19.2 Å². The number of benzene rings is 2. The average Bonchev–Trinajstić information content (AvgIpc) is 2.53. The monoisotopic (exact) mass is 323 g/mol. The lowest BCUT2D eigenvalue weighted by atomic mass is 9.96. The number of ether oxygens (including phenoxy) is 1. The van der Waals surface area contributed by atoms with Gasteiger partial charge in [-0.2, -0.15) is 13.2 Å². The molecule has 0 bridgehead atoms. The molecule has 1 atom stereocenters. The van der Waals surface area contributed by atoms with Gasteiger partial charge in [0, 0.05) is 0 Å². The molecule has 0 saturated carbocycles. The third kappa shape index (κ3) is 4.10. The Morgan fingerprint density at radius 2 is 1.87 bits per heavy atom. The van der Waals surface area contributed by atoms with Gasteiger partial charge in [0.25, 0.3) is 0 Å². The van der Waals surface area contributed by atoms with Gasteiger partial charge in [0.1, 0.15) is 6.04 Å². The highest BCUT2D eigenvalue weighted by atomic mass is 19.4. The van der Waals surface area contributed by atoms with Crippen molar-refractivity contribution in [2.24, 2.45) is 5.73 Å². The maximum absolute atomic E-state index is 13.1. The molecule has 0 aliphatic heterocycles. The van der Waals surface area contributed by atoms with Crippen molar-refractivity contribution in [3.05, 3.63) is 59.7 Å². The van der Waals surface area contributed by atoms with Gasteiger partial charge in [-0.05, 0) is 29.2 Å². The van der Waals surface area contributed by atoms with Crippen molar-refractivity contribution in [3.8, 4) is 11.1 Å². The summed E-state index contributed by atoms with van der Waals surface area (Å²) in [5, 5.41) is 0. The number of nitrogens with two attached hydrogens (primary N) is 1. The summed E-state index contributed by atoms with van der Waals surface area (Å²) in [6.45, 7) is 0. The molecule has 1 unspecified atom stereocenters. The summed E-state index contributed by atoms with van der Waals surface area (Å²) in [6.07, 6.45) is -4.25. The van der Waals surface area contributed by atoms with Gasteiger partial charge < -0.3 is 10.5 Å². The van der Waals surface area contributed by atoms with Crippen LogP contribution in [0, 0.1) is 0 Å². The Kier molecular flexibility index (Phi) is 5.05. The molecule has 122 valence electrons. The molecule has 0 aliphatic rings. The van der Waals surface area contributed by atoms with Gasteiger partial charge in [-0.3, -0.25) is 4.79 Å². The normalized spacial score (nSPS) is 12.7. The van der Waals surface area contributed by atoms with Crippen LogP contribution < -0.4 is 5.73 Å². The zero-order chi connectivity index (χ0) is 17.0. The van der Waals surface area contributed by atoms with Gasteiger partial charge in [-0.15, -0.1) is 0 Å². The van der Waals surface area contributed by atoms with Crippen molar-refractivity contribution in [1.82, 2.24) is 0 Å². The Labute approximate surface area is 131 Å². The highest BCUT2D eigenvalue weighted by Gasteiger charge is 2.33. The van der Waals surface area contributed by atoms with Crippen LogP contribution in [0.2, 0.25) is 0 Å². The standard InChI is InChI=1S/C17H16F3NO2/c1-23-16(22)15(21)10-11-5-4-6-12(9-11)13-7-2-3-8-14(13)17(18,19)20/h2-9,15H,10,21H2,1H3. The molecule has 0 heterocycles. The van der Waals surface area contributed by atoms with Crippen LogP contribution in [0.5, 0.6) is 0 Å². The second-order valence-electron chi connectivity index (χ2n) is 5.08. The Morgan fingerprint density at radius 1 is 1.17 bits per heavy atom. The number of rotatable bonds is 4. The van der Waals surface area contributed by atoms with E-state index < -0.39 is 23.8 Å². The fourth-order valence-electron chi connectivity index (χ4n) is 2.34. The van der Waals surface area contributed by atoms with Gasteiger partial charge in [0.15, 0.2) is 0 Å². The van der Waals surface area contributed by atoms with Crippen LogP contribution in [0.15, 0.2) is 48.5 Å². The molecular weight excluding hydrogens is 307 g/mol. The van der Waals surface area contributed by atoms with Crippen LogP contribution in [0.25, 0.3) is 11.1 Å². The van der Waals surface area contributed by atoms with Gasteiger partial charge in [0.05, 0.1) is 12.7 Å². The van der Waals surface area contributed by atoms with Gasteiger partial charge in [0.2, 0.25) is 0 Å². The minimum absolute atomic E-state index is 0.0912. The molecule has 0 spiro atoms. The quantitative estimate of drug-likeness (QED) is 0.877. The third-order valence-corrected chi connectivity index (χ3v) is 3.43. The van der Waals surface area contributed by atoms with E-state index in [0.29, 0.717) is 11.1 Å². The molecule has 0 aliphatic carbocycles. The van der Waals surface area contributed by atoms with Crippen LogP contribution in [-0.2, 0) is 22.1 Å². The zero-order valence-electron chi connectivity index (χ0n) is 12.4. The summed E-state index contributed by atoms with van der Waals surface area (Å²) in [5.41, 5.74) is 6.17. The highest BCUT2D eigenvalue weighted by molar-refractivity contribution is 5.76. The lowest BCUT2D eigenvalue weighted by Gasteiger charge is -2.14. The molecule has 0 fully saturated rings. The molecular formula is C17H16F3NO2. The van der Waals surface area contributed by atoms with Crippen molar-refractivity contribution >= 4 is 5.97 Å². The highest BCUT2D eigenvalue weighted by Crippen LogP contribution is 2.37. The van der Waals surface area contributed by atoms with Crippen molar-refractivity contribution in [2.75, 3.05) is 7.11 Å². The van der Waals surface area contributed by atoms with E-state index in [1.807, 2.05) is 0 Å². The molecule has 0 saturated heterocycles. The van der Waals surface area contributed by atoms with Crippen molar-refractivity contribution < 1.29 is 22.7 Å². The Balaban J connectivity index is 2.36. The van der Waals surface area contributed by atoms with E-state index in [1.54, 1.807) is 30.3 Å². The minimum atomic E-state index is -4.44. The summed E-state index contributed by atoms with van der Waals surface area (Å²) in [4.78, 5) is 11.4. The molecule has 23 heavy (non-hydrogen) atoms. The number of carbonyl (C=O) groups is 1. The number of alkyl halides is 3. The van der Waals surface area contributed by atoms with Crippen molar-refractivity contribution in [3.63, 3.8) is 0 Å². The molecule has 2 N–H and O–H groups in total. The molecule has 0 amide bonds. The lowest BCUT2D eigenvalue weighted by Crippen LogP contribution is -2.33. The summed E-state index contributed by atoms with van der Waals surface area (Å²) in [5.74, 6) is -0.564. The van der Waals surface area contributed by atoms with E-state index in [2.05, 4.69) is 4.74 Å². The molecule has 3 nitrogen and oxygen atoms in total. The van der Waals surface area contributed by atoms with Gasteiger partial charge in [-0.1, -0.05) is 42.5 Å². The fraction of sp³-hybridized carbons (Fsp3) is 0.235. The second kappa shape index (κ2) is 6.83. The molecule has 0 aromatic heterocycles. The summed E-state index contributed by atoms with van der Waals surface area (Å²) >= 11 is 0. The first-order chi connectivity index (χ1) is 10.8. The number of methoxy groups -OCH3 is 1. The molecule has 0 radical (unpaired) electrons. The molecule has 2 aromatic carbocycles. The maximum atomic E-state index is 13.1. The first-order valence-corrected chi connectivity index (χ1v) is 6.92. The van der Waals surface area contributed by atoms with Gasteiger partial charge >= 0.3 is 12.1 Å². The Hall–Kier alpha value is -2.34. The van der Waals surface area contributed by atoms with Crippen LogP contribution in [-0.4, -0.2) is 19.1 Å². The summed E-state index contributed by atoms with van der Waals surface area (Å²) in [7, 11) is 1.23. The van der Waals surface area contributed by atoms with Crippen LogP contribution in [0.4, 0.5) is 13.2 Å². The van der Waals surface area contributed by atoms with E-state index in [0.717, 1.165) is 6.07 Å². The van der Waals surface area contributed by atoms with Crippen molar-refractivity contribution in [1.29, 1.82) is 0 Å². The maximum Gasteiger partial charge on any atom is 0.417 e. The second-order valence-corrected chi connectivity index (χ2v) is 5.08. The van der Waals surface area contributed by atoms with E-state index in [-0.39, 0.29) is 12.0 Å². The smallest absolute Gasteiger partial charge is 0.417 e. The van der Waals surface area contributed by atoms with Crippen LogP contribution >= 0.6 is 0 Å². The summed E-state index contributed by atoms with van der Waals surface area (Å²) < 4.78 is 43.9. The molecule has 2 rings (SSSR count). The number of hydrogen-bond acceptors (Lipinski definition) is 3. The largest absolute Gasteiger partial charge is 0.468 e. The van der Waals surface area contributed by atoms with Crippen molar-refractivity contribution in [2.45, 2.75) is 18.6 Å². The molecule has 2 aromatic rings. The molecule has 6 heteroatoms. The van der Waals surface area contributed by atoms with E-state index in [4.69, 9.17) is 5.73 Å². The van der Waals surface area contributed by atoms with Crippen LogP contribution in [0.1, 0.15) is 11.1 Å². The van der Waals surface area contributed by atoms with E-state index >= 15 is 0 Å². The van der Waals surface area contributed by atoms with Gasteiger partial charge in [-0.25, -0.2) is 0 Å². The number of hydrogen-bond donors (Lipinski definition) is 1. The zero-order valence-corrected chi connectivity index (χ0v) is 12.4. The first-order valence-electron chi connectivity index (χ1n) is 6.92. The Bertz CT molecular complexity index is 698.